The molecule has 0 radical (unpaired) electrons. The first kappa shape index (κ1) is 27.9. The molecule has 2 heterocycles. The summed E-state index contributed by atoms with van der Waals surface area (Å²) in [6, 6.07) is 8.79. The minimum atomic E-state index is -4.52. The number of nitrogens with zero attached hydrogens (tertiary/aromatic N) is 5. The van der Waals surface area contributed by atoms with E-state index in [1.165, 1.54) is 23.0 Å². The minimum Gasteiger partial charge on any atom is -0.487 e. The maximum Gasteiger partial charge on any atom is 0.416 e. The Kier molecular flexibility index (Phi) is 7.84. The number of primary sulfonamides is 1. The second-order valence-electron chi connectivity index (χ2n) is 8.19. The molecule has 3 N–H and O–H groups in total. The number of thiazole rings is 1. The Labute approximate surface area is 222 Å². The van der Waals surface area contributed by atoms with E-state index in [1.807, 2.05) is 0 Å². The van der Waals surface area contributed by atoms with Gasteiger partial charge in [-0.25, -0.2) is 23.2 Å². The molecule has 4 aromatic rings. The van der Waals surface area contributed by atoms with Gasteiger partial charge in [0.25, 0.3) is 10.0 Å². The van der Waals surface area contributed by atoms with E-state index < -0.39 is 40.2 Å². The van der Waals surface area contributed by atoms with Gasteiger partial charge in [-0.2, -0.15) is 13.2 Å². The molecule has 0 saturated heterocycles. The van der Waals surface area contributed by atoms with Gasteiger partial charge >= 0.3 is 12.1 Å². The van der Waals surface area contributed by atoms with Crippen molar-refractivity contribution < 1.29 is 41.0 Å². The molecule has 0 aliphatic heterocycles. The lowest BCUT2D eigenvalue weighted by Gasteiger charge is -2.21. The number of hydrogen-bond donors (Lipinski definition) is 2. The Morgan fingerprint density at radius 1 is 1.15 bits per heavy atom. The number of sulfonamides is 1. The lowest BCUT2D eigenvalue weighted by Crippen LogP contribution is -2.37. The van der Waals surface area contributed by atoms with Crippen molar-refractivity contribution in [3.8, 4) is 5.75 Å². The quantitative estimate of drug-likeness (QED) is 0.284. The summed E-state index contributed by atoms with van der Waals surface area (Å²) < 4.78 is 68.5. The van der Waals surface area contributed by atoms with Crippen LogP contribution < -0.4 is 9.88 Å². The molecular weight excluding hydrogens is 565 g/mol. The molecule has 0 saturated carbocycles. The van der Waals surface area contributed by atoms with Crippen molar-refractivity contribution in [2.75, 3.05) is 6.54 Å². The number of carboxylic acid groups (broad SMARTS) is 1. The average Bonchev–Trinajstić information content (AvgIpc) is 3.48. The van der Waals surface area contributed by atoms with Crippen LogP contribution in [0.15, 0.2) is 53.0 Å². The molecule has 0 bridgehead atoms. The van der Waals surface area contributed by atoms with E-state index in [-0.39, 0.29) is 24.0 Å². The number of ether oxygens (including phenoxy) is 1. The Morgan fingerprint density at radius 2 is 1.87 bits per heavy atom. The Hall–Kier alpha value is -4.09. The summed E-state index contributed by atoms with van der Waals surface area (Å²) in [5.41, 5.74) is 0.229. The number of benzene rings is 2. The van der Waals surface area contributed by atoms with Crippen LogP contribution in [0.3, 0.4) is 0 Å². The Balaban J connectivity index is 1.38. The third-order valence-corrected chi connectivity index (χ3v) is 7.53. The first-order valence-corrected chi connectivity index (χ1v) is 13.2. The van der Waals surface area contributed by atoms with Crippen LogP contribution in [-0.2, 0) is 45.5 Å². The number of amides is 1. The number of halogens is 3. The summed E-state index contributed by atoms with van der Waals surface area (Å²) in [4.78, 5) is 29.0. The maximum absolute atomic E-state index is 12.8. The van der Waals surface area contributed by atoms with Crippen molar-refractivity contribution in [1.82, 2.24) is 24.9 Å². The minimum absolute atomic E-state index is 0.0507. The second-order valence-corrected chi connectivity index (χ2v) is 11.0. The van der Waals surface area contributed by atoms with E-state index in [0.717, 1.165) is 28.4 Å². The van der Waals surface area contributed by atoms with Crippen LogP contribution in [0.4, 0.5) is 13.2 Å². The number of carbonyl (C=O) groups is 2. The smallest absolute Gasteiger partial charge is 0.416 e. The number of fused-ring (bicyclic) bond motifs is 1. The van der Waals surface area contributed by atoms with E-state index >= 15 is 0 Å². The summed E-state index contributed by atoms with van der Waals surface area (Å²) in [5.74, 6) is -1.55. The molecule has 0 aliphatic rings. The first-order valence-electron chi connectivity index (χ1n) is 10.9. The van der Waals surface area contributed by atoms with Gasteiger partial charge in [0.05, 0.1) is 22.0 Å². The predicted molar refractivity (Wildman–Crippen MR) is 130 cm³/mol. The van der Waals surface area contributed by atoms with Gasteiger partial charge in [0, 0.05) is 6.54 Å². The third kappa shape index (κ3) is 7.27. The van der Waals surface area contributed by atoms with E-state index in [9.17, 15) is 36.3 Å². The van der Waals surface area contributed by atoms with Gasteiger partial charge in [-0.05, 0) is 35.9 Å². The number of nitrogens with two attached hydrogens (primary N) is 1. The standard InChI is InChI=1S/C22H19F3N6O6S2/c23-22(24,25)14-3-1-13(2-4-14)8-30(11-20(33)34)19(32)10-31-9-15(28-29-31)12-37-16-5-6-17-18(7-16)38-21(27-17)39(26,35)36/h1-7,9H,8,10-12H2,(H,33,34)(H2,26,35,36). The highest BCUT2D eigenvalue weighted by atomic mass is 32.2. The van der Waals surface area contributed by atoms with E-state index in [1.54, 1.807) is 18.2 Å². The largest absolute Gasteiger partial charge is 0.487 e. The molecule has 39 heavy (non-hydrogen) atoms. The Bertz CT molecular complexity index is 1620. The van der Waals surface area contributed by atoms with Gasteiger partial charge in [-0.1, -0.05) is 17.3 Å². The van der Waals surface area contributed by atoms with Crippen molar-refractivity contribution in [3.63, 3.8) is 0 Å². The predicted octanol–water partition coefficient (Wildman–Crippen LogP) is 2.25. The fourth-order valence-corrected chi connectivity index (χ4v) is 5.07. The second kappa shape index (κ2) is 11.0. The molecule has 0 fully saturated rings. The third-order valence-electron chi connectivity index (χ3n) is 5.19. The molecule has 2 aromatic heterocycles. The topological polar surface area (TPSA) is 171 Å². The van der Waals surface area contributed by atoms with Crippen molar-refractivity contribution in [2.24, 2.45) is 5.14 Å². The van der Waals surface area contributed by atoms with Crippen LogP contribution in [0.25, 0.3) is 10.2 Å². The number of aliphatic carboxylic acids is 1. The van der Waals surface area contributed by atoms with E-state index in [2.05, 4.69) is 15.3 Å². The van der Waals surface area contributed by atoms with Crippen LogP contribution in [-0.4, -0.2) is 56.8 Å². The fraction of sp³-hybridized carbons (Fsp3) is 0.227. The SMILES string of the molecule is NS(=O)(=O)c1nc2ccc(OCc3cn(CC(=O)N(CC(=O)O)Cc4ccc(C(F)(F)F)cc4)nn3)cc2s1. The zero-order valence-corrected chi connectivity index (χ0v) is 21.3. The first-order chi connectivity index (χ1) is 18.3. The zero-order chi connectivity index (χ0) is 28.4. The van der Waals surface area contributed by atoms with Crippen LogP contribution in [0, 0.1) is 0 Å². The molecule has 12 nitrogen and oxygen atoms in total. The van der Waals surface area contributed by atoms with Gasteiger partial charge in [-0.15, -0.1) is 16.4 Å². The number of rotatable bonds is 10. The molecule has 4 rings (SSSR count). The van der Waals surface area contributed by atoms with Gasteiger partial charge in [0.1, 0.15) is 31.1 Å². The molecular formula is C22H19F3N6O6S2. The van der Waals surface area contributed by atoms with Crippen LogP contribution in [0.1, 0.15) is 16.8 Å². The van der Waals surface area contributed by atoms with Crippen LogP contribution in [0.2, 0.25) is 0 Å². The average molecular weight is 585 g/mol. The highest BCUT2D eigenvalue weighted by Gasteiger charge is 2.30. The molecule has 1 amide bonds. The van der Waals surface area contributed by atoms with Crippen LogP contribution >= 0.6 is 11.3 Å². The van der Waals surface area contributed by atoms with E-state index in [4.69, 9.17) is 9.88 Å². The number of alkyl halides is 3. The van der Waals surface area contributed by atoms with Crippen molar-refractivity contribution in [3.05, 3.63) is 65.5 Å². The molecule has 0 unspecified atom stereocenters. The maximum atomic E-state index is 12.8. The molecule has 0 aliphatic carbocycles. The number of hydrogen-bond acceptors (Lipinski definition) is 9. The molecule has 17 heteroatoms. The van der Waals surface area contributed by atoms with Crippen molar-refractivity contribution in [2.45, 2.75) is 30.2 Å². The summed E-state index contributed by atoms with van der Waals surface area (Å²) in [6.45, 7) is -1.31. The zero-order valence-electron chi connectivity index (χ0n) is 19.7. The van der Waals surface area contributed by atoms with Crippen LogP contribution in [0.5, 0.6) is 5.75 Å². The summed E-state index contributed by atoms with van der Waals surface area (Å²) >= 11 is 0.890. The Morgan fingerprint density at radius 3 is 2.51 bits per heavy atom. The van der Waals surface area contributed by atoms with Gasteiger partial charge < -0.3 is 14.7 Å². The van der Waals surface area contributed by atoms with Gasteiger partial charge in [-0.3, -0.25) is 9.59 Å². The molecule has 2 aromatic carbocycles. The highest BCUT2D eigenvalue weighted by Crippen LogP contribution is 2.30. The molecule has 0 spiro atoms. The highest BCUT2D eigenvalue weighted by molar-refractivity contribution is 7.91. The summed E-state index contributed by atoms with van der Waals surface area (Å²) in [5, 5.41) is 22.0. The van der Waals surface area contributed by atoms with Gasteiger partial charge in [0.15, 0.2) is 0 Å². The fourth-order valence-electron chi connectivity index (χ4n) is 3.39. The number of carbonyl (C=O) groups excluding carboxylic acids is 1. The summed E-state index contributed by atoms with van der Waals surface area (Å²) in [6.07, 6.45) is -3.10. The lowest BCUT2D eigenvalue weighted by atomic mass is 10.1. The lowest BCUT2D eigenvalue weighted by molar-refractivity contribution is -0.145. The molecule has 0 atom stereocenters. The number of carboxylic acids is 1. The number of aromatic nitrogens is 4. The van der Waals surface area contributed by atoms with Crippen molar-refractivity contribution >= 4 is 43.5 Å². The summed E-state index contributed by atoms with van der Waals surface area (Å²) in [7, 11) is -3.94. The van der Waals surface area contributed by atoms with Gasteiger partial charge in [0.2, 0.25) is 10.2 Å². The molecule has 206 valence electrons. The van der Waals surface area contributed by atoms with Crippen molar-refractivity contribution in [1.29, 1.82) is 0 Å². The normalized spacial score (nSPS) is 12.0. The van der Waals surface area contributed by atoms with E-state index in [0.29, 0.717) is 27.2 Å². The monoisotopic (exact) mass is 584 g/mol.